The van der Waals surface area contributed by atoms with Crippen molar-refractivity contribution in [3.63, 3.8) is 0 Å². The van der Waals surface area contributed by atoms with Gasteiger partial charge in [-0.15, -0.1) is 0 Å². The highest BCUT2D eigenvalue weighted by molar-refractivity contribution is 9.10. The summed E-state index contributed by atoms with van der Waals surface area (Å²) in [6.45, 7) is 8.32. The Labute approximate surface area is 138 Å². The van der Waals surface area contributed by atoms with Gasteiger partial charge in [0.05, 0.1) is 0 Å². The molecule has 0 amide bonds. The molecule has 0 saturated heterocycles. The molecule has 1 aromatic heterocycles. The Kier molecular flexibility index (Phi) is 5.84. The van der Waals surface area contributed by atoms with Crippen molar-refractivity contribution < 1.29 is 0 Å². The number of nitrogens with zero attached hydrogens (tertiary/aromatic N) is 1. The summed E-state index contributed by atoms with van der Waals surface area (Å²) in [4.78, 5) is 4.59. The van der Waals surface area contributed by atoms with Gasteiger partial charge in [0.15, 0.2) is 0 Å². The third-order valence-corrected chi connectivity index (χ3v) is 5.56. The van der Waals surface area contributed by atoms with E-state index in [1.54, 1.807) is 0 Å². The topological polar surface area (TPSA) is 24.9 Å². The van der Waals surface area contributed by atoms with Crippen LogP contribution in [0.5, 0.6) is 0 Å². The number of rotatable bonds is 4. The fourth-order valence-corrected chi connectivity index (χ4v) is 3.92. The Bertz CT molecular complexity index is 436. The van der Waals surface area contributed by atoms with Gasteiger partial charge in [0.25, 0.3) is 0 Å². The monoisotopic (exact) mass is 352 g/mol. The molecule has 3 heteroatoms. The summed E-state index contributed by atoms with van der Waals surface area (Å²) < 4.78 is 1.06. The van der Waals surface area contributed by atoms with Gasteiger partial charge in [-0.1, -0.05) is 20.8 Å². The lowest BCUT2D eigenvalue weighted by Crippen LogP contribution is -2.37. The van der Waals surface area contributed by atoms with Crippen LogP contribution in [0.4, 0.5) is 0 Å². The molecule has 0 spiro atoms. The van der Waals surface area contributed by atoms with Gasteiger partial charge < -0.3 is 5.32 Å². The fourth-order valence-electron chi connectivity index (χ4n) is 3.69. The van der Waals surface area contributed by atoms with Crippen molar-refractivity contribution in [1.82, 2.24) is 10.3 Å². The highest BCUT2D eigenvalue weighted by atomic mass is 79.9. The van der Waals surface area contributed by atoms with E-state index < -0.39 is 0 Å². The van der Waals surface area contributed by atoms with Crippen LogP contribution in [-0.4, -0.2) is 18.6 Å². The fraction of sp³-hybridized carbons (Fsp3) is 0.722. The van der Waals surface area contributed by atoms with E-state index in [0.29, 0.717) is 5.41 Å². The lowest BCUT2D eigenvalue weighted by atomic mass is 9.64. The molecule has 1 N–H and O–H groups in total. The van der Waals surface area contributed by atoms with Crippen LogP contribution in [-0.2, 0) is 6.42 Å². The number of pyridine rings is 1. The van der Waals surface area contributed by atoms with E-state index in [4.69, 9.17) is 0 Å². The van der Waals surface area contributed by atoms with Gasteiger partial charge in [0.1, 0.15) is 0 Å². The molecule has 2 rings (SSSR count). The molecule has 2 nitrogen and oxygen atoms in total. The third-order valence-electron chi connectivity index (χ3n) is 5.09. The van der Waals surface area contributed by atoms with Crippen molar-refractivity contribution in [2.24, 2.45) is 23.2 Å². The molecule has 1 fully saturated rings. The van der Waals surface area contributed by atoms with Gasteiger partial charge in [-0.25, -0.2) is 0 Å². The van der Waals surface area contributed by atoms with Crippen LogP contribution in [0.1, 0.15) is 45.7 Å². The van der Waals surface area contributed by atoms with Crippen molar-refractivity contribution in [3.05, 3.63) is 28.5 Å². The number of nitrogens with one attached hydrogen (secondary N) is 1. The van der Waals surface area contributed by atoms with Gasteiger partial charge in [0.2, 0.25) is 0 Å². The summed E-state index contributed by atoms with van der Waals surface area (Å²) in [6, 6.07) is 4.28. The molecule has 0 aromatic carbocycles. The van der Waals surface area contributed by atoms with Crippen molar-refractivity contribution in [3.8, 4) is 0 Å². The third kappa shape index (κ3) is 4.79. The van der Waals surface area contributed by atoms with E-state index in [0.717, 1.165) is 35.2 Å². The molecule has 1 aromatic rings. The Balaban J connectivity index is 2.08. The summed E-state index contributed by atoms with van der Waals surface area (Å²) in [7, 11) is 2.07. The Hall–Kier alpha value is -0.410. The smallest absolute Gasteiger partial charge is 0.0413 e. The SMILES string of the molecule is CNCC1CCC(C(C)(C)C)CC1Cc1ccc(Br)cn1. The summed E-state index contributed by atoms with van der Waals surface area (Å²) >= 11 is 3.47. The predicted octanol–water partition coefficient (Wildman–Crippen LogP) is 4.68. The Morgan fingerprint density at radius 1 is 1.24 bits per heavy atom. The van der Waals surface area contributed by atoms with Gasteiger partial charge in [-0.3, -0.25) is 4.98 Å². The average molecular weight is 353 g/mol. The minimum absolute atomic E-state index is 0.427. The maximum absolute atomic E-state index is 4.59. The van der Waals surface area contributed by atoms with E-state index in [9.17, 15) is 0 Å². The van der Waals surface area contributed by atoms with Crippen LogP contribution < -0.4 is 5.32 Å². The van der Waals surface area contributed by atoms with Gasteiger partial charge in [-0.2, -0.15) is 0 Å². The largest absolute Gasteiger partial charge is 0.319 e. The molecule has 1 aliphatic rings. The van der Waals surface area contributed by atoms with Crippen LogP contribution in [0.25, 0.3) is 0 Å². The normalized spacial score (nSPS) is 26.8. The van der Waals surface area contributed by atoms with E-state index in [1.807, 2.05) is 6.20 Å². The first-order valence-electron chi connectivity index (χ1n) is 8.15. The maximum atomic E-state index is 4.59. The molecule has 0 bridgehead atoms. The molecule has 0 radical (unpaired) electrons. The zero-order valence-electron chi connectivity index (χ0n) is 13.8. The molecule has 1 saturated carbocycles. The van der Waals surface area contributed by atoms with Gasteiger partial charge >= 0.3 is 0 Å². The lowest BCUT2D eigenvalue weighted by Gasteiger charge is -2.42. The van der Waals surface area contributed by atoms with E-state index >= 15 is 0 Å². The number of halogens is 1. The molecular formula is C18H29BrN2. The van der Waals surface area contributed by atoms with E-state index in [2.05, 4.69) is 66.2 Å². The second-order valence-corrected chi connectivity index (χ2v) is 8.54. The molecular weight excluding hydrogens is 324 g/mol. The molecule has 1 heterocycles. The van der Waals surface area contributed by atoms with Gasteiger partial charge in [0, 0.05) is 16.4 Å². The summed E-state index contributed by atoms with van der Waals surface area (Å²) in [6.07, 6.45) is 7.11. The Morgan fingerprint density at radius 3 is 2.57 bits per heavy atom. The molecule has 3 unspecified atom stereocenters. The van der Waals surface area contributed by atoms with Gasteiger partial charge in [-0.05, 0) is 90.5 Å². The minimum atomic E-state index is 0.427. The molecule has 3 atom stereocenters. The number of hydrogen-bond donors (Lipinski definition) is 1. The Morgan fingerprint density at radius 2 is 2.00 bits per heavy atom. The average Bonchev–Trinajstić information content (AvgIpc) is 2.42. The predicted molar refractivity (Wildman–Crippen MR) is 93.3 cm³/mol. The van der Waals surface area contributed by atoms with Crippen molar-refractivity contribution in [1.29, 1.82) is 0 Å². The first-order chi connectivity index (χ1) is 9.90. The zero-order valence-corrected chi connectivity index (χ0v) is 15.4. The van der Waals surface area contributed by atoms with Crippen LogP contribution in [0, 0.1) is 23.2 Å². The molecule has 1 aliphatic carbocycles. The molecule has 0 aliphatic heterocycles. The van der Waals surface area contributed by atoms with Crippen LogP contribution in [0.3, 0.4) is 0 Å². The van der Waals surface area contributed by atoms with Crippen LogP contribution in [0.15, 0.2) is 22.8 Å². The first-order valence-corrected chi connectivity index (χ1v) is 8.94. The second-order valence-electron chi connectivity index (χ2n) is 7.63. The highest BCUT2D eigenvalue weighted by Gasteiger charge is 2.35. The van der Waals surface area contributed by atoms with Crippen molar-refractivity contribution in [2.45, 2.75) is 46.5 Å². The quantitative estimate of drug-likeness (QED) is 0.850. The van der Waals surface area contributed by atoms with Crippen LogP contribution in [0.2, 0.25) is 0 Å². The molecule has 21 heavy (non-hydrogen) atoms. The first kappa shape index (κ1) is 17.0. The summed E-state index contributed by atoms with van der Waals surface area (Å²) in [5.74, 6) is 2.38. The number of aromatic nitrogens is 1. The van der Waals surface area contributed by atoms with Crippen molar-refractivity contribution in [2.75, 3.05) is 13.6 Å². The van der Waals surface area contributed by atoms with Crippen molar-refractivity contribution >= 4 is 15.9 Å². The molecule has 118 valence electrons. The maximum Gasteiger partial charge on any atom is 0.0413 e. The second kappa shape index (κ2) is 7.23. The van der Waals surface area contributed by atoms with Crippen LogP contribution >= 0.6 is 15.9 Å². The minimum Gasteiger partial charge on any atom is -0.319 e. The highest BCUT2D eigenvalue weighted by Crippen LogP contribution is 2.43. The van der Waals surface area contributed by atoms with E-state index in [1.165, 1.54) is 25.0 Å². The summed E-state index contributed by atoms with van der Waals surface area (Å²) in [5.41, 5.74) is 1.66. The lowest BCUT2D eigenvalue weighted by molar-refractivity contribution is 0.0975. The summed E-state index contributed by atoms with van der Waals surface area (Å²) in [5, 5.41) is 3.39. The zero-order chi connectivity index (χ0) is 15.5. The number of hydrogen-bond acceptors (Lipinski definition) is 2. The standard InChI is InChI=1S/C18H29BrN2/c1-18(2,3)15-6-5-13(11-20-4)14(9-15)10-17-8-7-16(19)12-21-17/h7-8,12-15,20H,5-6,9-11H2,1-4H3. The van der Waals surface area contributed by atoms with E-state index in [-0.39, 0.29) is 0 Å².